The van der Waals surface area contributed by atoms with Gasteiger partial charge in [0, 0.05) is 43.6 Å². The zero-order valence-electron chi connectivity index (χ0n) is 30.1. The fraction of sp³-hybridized carbons (Fsp3) is 0.256. The molecule has 0 atom stereocenters. The Bertz CT molecular complexity index is 2200. The van der Waals surface area contributed by atoms with Crippen molar-refractivity contribution in [3.63, 3.8) is 0 Å². The van der Waals surface area contributed by atoms with E-state index in [1.807, 2.05) is 54.7 Å². The molecule has 1 aliphatic heterocycles. The number of pyridine rings is 1. The first-order valence-corrected chi connectivity index (χ1v) is 17.3. The van der Waals surface area contributed by atoms with Crippen LogP contribution in [0.3, 0.4) is 0 Å². The third kappa shape index (κ3) is 10.9. The van der Waals surface area contributed by atoms with Gasteiger partial charge >= 0.3 is 12.1 Å². The molecule has 1 saturated heterocycles. The fourth-order valence-electron chi connectivity index (χ4n) is 6.01. The number of nitrogens with one attached hydrogen (secondary N) is 3. The second-order valence-electron chi connectivity index (χ2n) is 13.1. The number of benzene rings is 2. The first-order chi connectivity index (χ1) is 26.1. The zero-order valence-corrected chi connectivity index (χ0v) is 30.1. The Kier molecular flexibility index (Phi) is 12.5. The van der Waals surface area contributed by atoms with Gasteiger partial charge in [0.15, 0.2) is 0 Å². The summed E-state index contributed by atoms with van der Waals surface area (Å²) in [4.78, 5) is 52.3. The van der Waals surface area contributed by atoms with Crippen LogP contribution in [0.4, 0.5) is 24.5 Å². The van der Waals surface area contributed by atoms with Crippen LogP contribution in [0.25, 0.3) is 23.1 Å². The van der Waals surface area contributed by atoms with Gasteiger partial charge in [-0.15, -0.1) is 0 Å². The molecule has 4 N–H and O–H groups in total. The zero-order chi connectivity index (χ0) is 39.8. The lowest BCUT2D eigenvalue weighted by Gasteiger charge is -2.45. The topological polar surface area (TPSA) is 170 Å². The van der Waals surface area contributed by atoms with Gasteiger partial charge in [0.25, 0.3) is 17.7 Å². The standard InChI is InChI=1S/C37H39N7O4.C2HF3O2/c1-42-25-31(21-33(42)36(46)38-16-19-44(48)17-6-3-7-18-44)41-37(47)34-22-30(24-43(34)2)40-35(45)28-14-12-26(13-15-28)10-11-27-20-29-8-4-5-9-32(29)39-23-27;3-2(4,5)1(6)7/h4-5,8-15,20-25H,3,6-7,16-19H2,1-2H3,(H,38,46)(H,40,45)(H,41,47);(H,6,7)/b11-10+;. The van der Waals surface area contributed by atoms with E-state index < -0.39 is 18.1 Å². The van der Waals surface area contributed by atoms with E-state index in [4.69, 9.17) is 9.90 Å². The largest absolute Gasteiger partial charge is 0.633 e. The summed E-state index contributed by atoms with van der Waals surface area (Å²) in [5.74, 6) is -3.76. The maximum absolute atomic E-state index is 13.1. The van der Waals surface area contributed by atoms with Crippen molar-refractivity contribution in [3.05, 3.63) is 119 Å². The van der Waals surface area contributed by atoms with Crippen molar-refractivity contribution in [2.24, 2.45) is 14.1 Å². The summed E-state index contributed by atoms with van der Waals surface area (Å²) in [6, 6.07) is 20.5. The van der Waals surface area contributed by atoms with E-state index in [0.29, 0.717) is 48.0 Å². The Labute approximate surface area is 314 Å². The molecule has 0 radical (unpaired) electrons. The van der Waals surface area contributed by atoms with Crippen molar-refractivity contribution in [1.29, 1.82) is 0 Å². The minimum atomic E-state index is -5.08. The van der Waals surface area contributed by atoms with E-state index in [-0.39, 0.29) is 23.0 Å². The van der Waals surface area contributed by atoms with Crippen molar-refractivity contribution in [2.75, 3.05) is 36.8 Å². The van der Waals surface area contributed by atoms with Crippen molar-refractivity contribution >= 4 is 58.1 Å². The third-order valence-corrected chi connectivity index (χ3v) is 8.92. The lowest BCUT2D eigenvalue weighted by atomic mass is 10.1. The maximum Gasteiger partial charge on any atom is 0.490 e. The molecule has 6 rings (SSSR count). The number of amides is 3. The summed E-state index contributed by atoms with van der Waals surface area (Å²) in [5, 5.41) is 29.5. The number of aromatic nitrogens is 3. The van der Waals surface area contributed by atoms with E-state index in [0.717, 1.165) is 41.3 Å². The van der Waals surface area contributed by atoms with E-state index in [2.05, 4.69) is 27.0 Å². The molecule has 0 aliphatic carbocycles. The van der Waals surface area contributed by atoms with E-state index in [1.165, 1.54) is 0 Å². The Balaban J connectivity index is 0.000000757. The molecular weight excluding hydrogens is 719 g/mol. The monoisotopic (exact) mass is 759 g/mol. The number of halogens is 3. The number of carbonyl (C=O) groups is 4. The third-order valence-electron chi connectivity index (χ3n) is 8.92. The molecule has 1 fully saturated rings. The number of hydrogen-bond acceptors (Lipinski definition) is 6. The van der Waals surface area contributed by atoms with Crippen LogP contribution in [-0.2, 0) is 18.9 Å². The number of hydrogen-bond donors (Lipinski definition) is 4. The summed E-state index contributed by atoms with van der Waals surface area (Å²) in [6.45, 7) is 1.83. The summed E-state index contributed by atoms with van der Waals surface area (Å²) >= 11 is 0. The molecule has 0 bridgehead atoms. The number of nitrogens with zero attached hydrogens (tertiary/aromatic N) is 4. The van der Waals surface area contributed by atoms with Gasteiger partial charge in [-0.1, -0.05) is 42.5 Å². The number of rotatable bonds is 10. The predicted octanol–water partition coefficient (Wildman–Crippen LogP) is 6.45. The molecule has 5 aromatic rings. The van der Waals surface area contributed by atoms with Crippen LogP contribution in [0.5, 0.6) is 0 Å². The Morgan fingerprint density at radius 1 is 0.818 bits per heavy atom. The minimum absolute atomic E-state index is 0.261. The molecule has 13 nitrogen and oxygen atoms in total. The summed E-state index contributed by atoms with van der Waals surface area (Å²) in [5.41, 5.74) is 4.97. The number of likely N-dealkylation sites (tertiary alicyclic amines) is 1. The van der Waals surface area contributed by atoms with Crippen molar-refractivity contribution in [2.45, 2.75) is 25.4 Å². The lowest BCUT2D eigenvalue weighted by molar-refractivity contribution is -0.884. The average molecular weight is 760 g/mol. The Morgan fingerprint density at radius 3 is 2.00 bits per heavy atom. The minimum Gasteiger partial charge on any atom is -0.633 e. The average Bonchev–Trinajstić information content (AvgIpc) is 3.71. The van der Waals surface area contributed by atoms with E-state index in [1.54, 1.807) is 59.9 Å². The highest BCUT2D eigenvalue weighted by Crippen LogP contribution is 2.20. The second kappa shape index (κ2) is 17.3. The van der Waals surface area contributed by atoms with Gasteiger partial charge in [-0.2, -0.15) is 13.2 Å². The molecule has 1 aliphatic rings. The maximum atomic E-state index is 13.1. The molecule has 0 spiro atoms. The smallest absolute Gasteiger partial charge is 0.490 e. The molecule has 0 saturated carbocycles. The number of quaternary nitrogens is 1. The molecule has 3 aromatic heterocycles. The number of anilines is 2. The number of alkyl halides is 3. The van der Waals surface area contributed by atoms with Gasteiger partial charge in [0.1, 0.15) is 11.4 Å². The van der Waals surface area contributed by atoms with Crippen LogP contribution in [0.1, 0.15) is 61.7 Å². The molecule has 0 unspecified atom stereocenters. The number of aliphatic carboxylic acids is 1. The van der Waals surface area contributed by atoms with Crippen molar-refractivity contribution in [3.8, 4) is 0 Å². The summed E-state index contributed by atoms with van der Waals surface area (Å²) < 4.78 is 34.7. The van der Waals surface area contributed by atoms with Crippen LogP contribution >= 0.6 is 0 Å². The summed E-state index contributed by atoms with van der Waals surface area (Å²) in [7, 11) is 3.44. The van der Waals surface area contributed by atoms with Gasteiger partial charge in [0.05, 0.1) is 43.1 Å². The predicted molar refractivity (Wildman–Crippen MR) is 202 cm³/mol. The number of carboxylic acid groups (broad SMARTS) is 1. The van der Waals surface area contributed by atoms with Crippen molar-refractivity contribution < 1.29 is 42.1 Å². The number of para-hydroxylation sites is 1. The number of hydroxylamine groups is 3. The van der Waals surface area contributed by atoms with Crippen LogP contribution in [0, 0.1) is 5.21 Å². The van der Waals surface area contributed by atoms with Gasteiger partial charge in [-0.3, -0.25) is 19.4 Å². The molecule has 288 valence electrons. The van der Waals surface area contributed by atoms with Crippen molar-refractivity contribution in [1.82, 2.24) is 19.4 Å². The number of carbonyl (C=O) groups excluding carboxylic acids is 3. The van der Waals surface area contributed by atoms with Gasteiger partial charge in [-0.05, 0) is 66.8 Å². The van der Waals surface area contributed by atoms with E-state index >= 15 is 0 Å². The fourth-order valence-corrected chi connectivity index (χ4v) is 6.01. The van der Waals surface area contributed by atoms with Gasteiger partial charge < -0.3 is 40.0 Å². The highest BCUT2D eigenvalue weighted by molar-refractivity contribution is 6.07. The highest BCUT2D eigenvalue weighted by atomic mass is 19.4. The van der Waals surface area contributed by atoms with Gasteiger partial charge in [0.2, 0.25) is 0 Å². The molecule has 2 aromatic carbocycles. The van der Waals surface area contributed by atoms with Gasteiger partial charge in [-0.25, -0.2) is 4.79 Å². The Morgan fingerprint density at radius 2 is 1.38 bits per heavy atom. The first kappa shape index (κ1) is 39.9. The van der Waals surface area contributed by atoms with E-state index in [9.17, 15) is 32.8 Å². The number of carboxylic acids is 1. The van der Waals surface area contributed by atoms with Crippen LogP contribution in [0.15, 0.2) is 85.3 Å². The first-order valence-electron chi connectivity index (χ1n) is 17.3. The van der Waals surface area contributed by atoms with Crippen LogP contribution < -0.4 is 16.0 Å². The number of piperidine rings is 1. The molecule has 4 heterocycles. The SMILES string of the molecule is Cn1cc(NC(=O)c2cc(NC(=O)c3ccc(/C=C/c4cnc5ccccc5c4)cc3)cn2C)cc1C(=O)NCC[N+]1([O-])CCCCC1.O=C(O)C(F)(F)F. The molecule has 16 heteroatoms. The molecule has 55 heavy (non-hydrogen) atoms. The normalized spacial score (nSPS) is 13.9. The quantitative estimate of drug-likeness (QED) is 0.0937. The Hall–Kier alpha value is -6.26. The van der Waals surface area contributed by atoms with Crippen LogP contribution in [0.2, 0.25) is 0 Å². The lowest BCUT2D eigenvalue weighted by Crippen LogP contribution is -2.50. The second-order valence-corrected chi connectivity index (χ2v) is 13.1. The molecular formula is C39H40F3N7O6. The summed E-state index contributed by atoms with van der Waals surface area (Å²) in [6.07, 6.45) is 6.95. The molecule has 3 amide bonds. The number of fused-ring (bicyclic) bond motifs is 1. The van der Waals surface area contributed by atoms with Crippen LogP contribution in [-0.4, -0.2) is 79.9 Å². The highest BCUT2D eigenvalue weighted by Gasteiger charge is 2.38. The number of aryl methyl sites for hydroxylation is 2.